The first-order valence-corrected chi connectivity index (χ1v) is 7.35. The molecular weight excluding hydrogens is 271 g/mol. The van der Waals surface area contributed by atoms with E-state index in [1.807, 2.05) is 0 Å². The quantitative estimate of drug-likeness (QED) is 0.891. The zero-order valence-corrected chi connectivity index (χ0v) is 11.3. The van der Waals surface area contributed by atoms with Gasteiger partial charge in [-0.2, -0.15) is 4.31 Å². The molecule has 104 valence electrons. The van der Waals surface area contributed by atoms with Crippen LogP contribution in [0, 0.1) is 12.7 Å². The molecule has 7 heteroatoms. The normalized spacial score (nSPS) is 20.6. The highest BCUT2D eigenvalue weighted by Gasteiger charge is 2.38. The monoisotopic (exact) mass is 286 g/mol. The van der Waals surface area contributed by atoms with E-state index >= 15 is 0 Å². The van der Waals surface area contributed by atoms with Crippen LogP contribution < -0.4 is 5.73 Å². The van der Waals surface area contributed by atoms with E-state index in [2.05, 4.69) is 0 Å². The fourth-order valence-electron chi connectivity index (χ4n) is 2.23. The van der Waals surface area contributed by atoms with E-state index in [0.717, 1.165) is 10.4 Å². The van der Waals surface area contributed by atoms with E-state index in [1.165, 1.54) is 19.1 Å². The Morgan fingerprint density at radius 2 is 2.16 bits per heavy atom. The Balaban J connectivity index is 2.42. The average Bonchev–Trinajstić information content (AvgIpc) is 2.82. The molecule has 19 heavy (non-hydrogen) atoms. The Morgan fingerprint density at radius 1 is 1.47 bits per heavy atom. The number of nitrogens with two attached hydrogens (primary N) is 1. The number of nitrogens with zero attached hydrogens (tertiary/aromatic N) is 1. The van der Waals surface area contributed by atoms with Crippen LogP contribution in [0.25, 0.3) is 0 Å². The number of amides is 1. The van der Waals surface area contributed by atoms with Crippen LogP contribution in [0.1, 0.15) is 18.4 Å². The molecule has 0 spiro atoms. The molecule has 0 saturated carbocycles. The Morgan fingerprint density at radius 3 is 2.74 bits per heavy atom. The van der Waals surface area contributed by atoms with Gasteiger partial charge in [-0.05, 0) is 43.5 Å². The molecule has 1 aromatic rings. The molecule has 1 aliphatic heterocycles. The summed E-state index contributed by atoms with van der Waals surface area (Å²) in [6.07, 6.45) is 1.02. The molecule has 0 radical (unpaired) electrons. The number of hydrogen-bond donors (Lipinski definition) is 1. The summed E-state index contributed by atoms with van der Waals surface area (Å²) < 4.78 is 39.1. The van der Waals surface area contributed by atoms with Gasteiger partial charge in [0.2, 0.25) is 15.9 Å². The van der Waals surface area contributed by atoms with Crippen molar-refractivity contribution in [2.75, 3.05) is 6.54 Å². The van der Waals surface area contributed by atoms with Crippen molar-refractivity contribution in [1.82, 2.24) is 4.31 Å². The summed E-state index contributed by atoms with van der Waals surface area (Å²) in [7, 11) is -3.81. The second-order valence-corrected chi connectivity index (χ2v) is 6.48. The molecular formula is C12H15FN2O3S. The van der Waals surface area contributed by atoms with Gasteiger partial charge in [0.05, 0.1) is 4.90 Å². The van der Waals surface area contributed by atoms with Gasteiger partial charge in [0.1, 0.15) is 11.9 Å². The van der Waals surface area contributed by atoms with E-state index < -0.39 is 27.8 Å². The van der Waals surface area contributed by atoms with Crippen molar-refractivity contribution < 1.29 is 17.6 Å². The number of primary amides is 1. The minimum absolute atomic E-state index is 0.0143. The third kappa shape index (κ3) is 2.48. The van der Waals surface area contributed by atoms with E-state index in [0.29, 0.717) is 12.8 Å². The molecule has 0 aromatic heterocycles. The number of hydrogen-bond acceptors (Lipinski definition) is 3. The van der Waals surface area contributed by atoms with Gasteiger partial charge in [-0.3, -0.25) is 4.79 Å². The molecule has 0 unspecified atom stereocenters. The lowest BCUT2D eigenvalue weighted by Crippen LogP contribution is -2.43. The van der Waals surface area contributed by atoms with E-state index in [4.69, 9.17) is 5.73 Å². The maximum Gasteiger partial charge on any atom is 0.243 e. The topological polar surface area (TPSA) is 80.5 Å². The van der Waals surface area contributed by atoms with Crippen LogP contribution in [-0.4, -0.2) is 31.2 Å². The first-order valence-electron chi connectivity index (χ1n) is 5.91. The summed E-state index contributed by atoms with van der Waals surface area (Å²) in [6, 6.07) is 2.77. The van der Waals surface area contributed by atoms with E-state index in [-0.39, 0.29) is 17.0 Å². The number of halogens is 1. The molecule has 2 N–H and O–H groups in total. The number of aryl methyl sites for hydroxylation is 1. The maximum atomic E-state index is 13.2. The van der Waals surface area contributed by atoms with Crippen molar-refractivity contribution in [3.63, 3.8) is 0 Å². The predicted octanol–water partition coefficient (Wildman–Crippen LogP) is 0.773. The molecule has 1 aliphatic rings. The molecule has 0 bridgehead atoms. The van der Waals surface area contributed by atoms with Gasteiger partial charge in [0.25, 0.3) is 0 Å². The fraction of sp³-hybridized carbons (Fsp3) is 0.417. The third-order valence-corrected chi connectivity index (χ3v) is 5.17. The first kappa shape index (κ1) is 14.0. The summed E-state index contributed by atoms with van der Waals surface area (Å²) in [5.74, 6) is -1.12. The van der Waals surface area contributed by atoms with Crippen LogP contribution >= 0.6 is 0 Å². The summed E-state index contributed by atoms with van der Waals surface area (Å²) >= 11 is 0. The Hall–Kier alpha value is -1.47. The van der Waals surface area contributed by atoms with Gasteiger partial charge in [-0.1, -0.05) is 0 Å². The number of carbonyl (C=O) groups is 1. The van der Waals surface area contributed by atoms with Crippen LogP contribution in [0.3, 0.4) is 0 Å². The third-order valence-electron chi connectivity index (χ3n) is 3.27. The van der Waals surface area contributed by atoms with Crippen LogP contribution in [-0.2, 0) is 14.8 Å². The summed E-state index contributed by atoms with van der Waals surface area (Å²) in [5.41, 5.74) is 5.46. The molecule has 0 aliphatic carbocycles. The van der Waals surface area contributed by atoms with E-state index in [9.17, 15) is 17.6 Å². The average molecular weight is 286 g/mol. The molecule has 1 atom stereocenters. The second-order valence-electron chi connectivity index (χ2n) is 4.59. The van der Waals surface area contributed by atoms with Gasteiger partial charge >= 0.3 is 0 Å². The van der Waals surface area contributed by atoms with Crippen molar-refractivity contribution in [3.05, 3.63) is 29.6 Å². The van der Waals surface area contributed by atoms with Crippen molar-refractivity contribution in [3.8, 4) is 0 Å². The molecule has 1 fully saturated rings. The number of benzene rings is 1. The molecule has 5 nitrogen and oxygen atoms in total. The van der Waals surface area contributed by atoms with Crippen molar-refractivity contribution in [2.45, 2.75) is 30.7 Å². The van der Waals surface area contributed by atoms with Gasteiger partial charge in [-0.15, -0.1) is 0 Å². The Labute approximate surface area is 111 Å². The van der Waals surface area contributed by atoms with Crippen molar-refractivity contribution >= 4 is 15.9 Å². The maximum absolute atomic E-state index is 13.2. The van der Waals surface area contributed by atoms with E-state index in [1.54, 1.807) is 0 Å². The highest BCUT2D eigenvalue weighted by molar-refractivity contribution is 7.89. The molecule has 2 rings (SSSR count). The lowest BCUT2D eigenvalue weighted by Gasteiger charge is -2.21. The minimum Gasteiger partial charge on any atom is -0.368 e. The predicted molar refractivity (Wildman–Crippen MR) is 67.2 cm³/mol. The van der Waals surface area contributed by atoms with Crippen molar-refractivity contribution in [1.29, 1.82) is 0 Å². The lowest BCUT2D eigenvalue weighted by molar-refractivity contribution is -0.121. The van der Waals surface area contributed by atoms with Crippen LogP contribution in [0.5, 0.6) is 0 Å². The largest absolute Gasteiger partial charge is 0.368 e. The van der Waals surface area contributed by atoms with Crippen LogP contribution in [0.15, 0.2) is 23.1 Å². The highest BCUT2D eigenvalue weighted by Crippen LogP contribution is 2.26. The van der Waals surface area contributed by atoms with Crippen LogP contribution in [0.2, 0.25) is 0 Å². The van der Waals surface area contributed by atoms with Gasteiger partial charge in [-0.25, -0.2) is 12.8 Å². The number of rotatable bonds is 3. The molecule has 1 aromatic carbocycles. The SMILES string of the molecule is Cc1cc(S(=O)(=O)N2CCC[C@H]2C(N)=O)ccc1F. The van der Waals surface area contributed by atoms with Gasteiger partial charge < -0.3 is 5.73 Å². The zero-order chi connectivity index (χ0) is 14.2. The number of carbonyl (C=O) groups excluding carboxylic acids is 1. The zero-order valence-electron chi connectivity index (χ0n) is 10.5. The summed E-state index contributed by atoms with van der Waals surface area (Å²) in [5, 5.41) is 0. The Bertz CT molecular complexity index is 615. The highest BCUT2D eigenvalue weighted by atomic mass is 32.2. The Kier molecular flexibility index (Phi) is 3.60. The van der Waals surface area contributed by atoms with Gasteiger partial charge in [0.15, 0.2) is 0 Å². The standard InChI is InChI=1S/C12H15FN2O3S/c1-8-7-9(4-5-10(8)13)19(17,18)15-6-2-3-11(15)12(14)16/h4-5,7,11H,2-3,6H2,1H3,(H2,14,16)/t11-/m0/s1. The number of sulfonamides is 1. The second kappa shape index (κ2) is 4.90. The smallest absolute Gasteiger partial charge is 0.243 e. The first-order chi connectivity index (χ1) is 8.84. The molecule has 1 amide bonds. The molecule has 1 saturated heterocycles. The van der Waals surface area contributed by atoms with Gasteiger partial charge in [0, 0.05) is 6.54 Å². The summed E-state index contributed by atoms with van der Waals surface area (Å²) in [4.78, 5) is 11.3. The summed E-state index contributed by atoms with van der Waals surface area (Å²) in [6.45, 7) is 1.75. The molecule has 1 heterocycles. The van der Waals surface area contributed by atoms with Crippen LogP contribution in [0.4, 0.5) is 4.39 Å². The minimum atomic E-state index is -3.81. The van der Waals surface area contributed by atoms with Crippen molar-refractivity contribution in [2.24, 2.45) is 5.73 Å². The fourth-order valence-corrected chi connectivity index (χ4v) is 3.98. The lowest BCUT2D eigenvalue weighted by atomic mass is 10.2.